The Morgan fingerprint density at radius 3 is 2.68 bits per heavy atom. The Balaban J connectivity index is 0.00000225. The quantitative estimate of drug-likeness (QED) is 0.304. The van der Waals surface area contributed by atoms with E-state index < -0.39 is 10.4 Å². The van der Waals surface area contributed by atoms with Gasteiger partial charge in [0.05, 0.1) is 16.3 Å². The normalized spacial score (nSPS) is 15.6. The van der Waals surface area contributed by atoms with E-state index in [1.165, 1.54) is 0 Å². The molecule has 1 aliphatic heterocycles. The summed E-state index contributed by atoms with van der Waals surface area (Å²) >= 11 is 6.29. The maximum atomic E-state index is 10.7. The molecule has 25 heavy (non-hydrogen) atoms. The molecule has 10 heteroatoms. The molecular weight excluding hydrogens is 393 g/mol. The molecular formula is C15H17ClKN3O4S. The number of oxime groups is 1. The molecule has 3 rings (SSSR count). The average molecular weight is 410 g/mol. The van der Waals surface area contributed by atoms with Gasteiger partial charge in [0, 0.05) is 24.4 Å². The second kappa shape index (κ2) is 8.34. The molecule has 2 aromatic rings. The largest absolute Gasteiger partial charge is 1.00 e. The molecule has 1 aliphatic rings. The maximum Gasteiger partial charge on any atom is 1.00 e. The van der Waals surface area contributed by atoms with Crippen molar-refractivity contribution in [2.24, 2.45) is 5.16 Å². The zero-order valence-corrected chi connectivity index (χ0v) is 19.0. The molecule has 0 spiro atoms. The van der Waals surface area contributed by atoms with Crippen molar-refractivity contribution in [3.8, 4) is 0 Å². The Kier molecular flexibility index (Phi) is 7.11. The van der Waals surface area contributed by atoms with Gasteiger partial charge in [0.15, 0.2) is 0 Å². The van der Waals surface area contributed by atoms with E-state index in [1.807, 2.05) is 0 Å². The fraction of sp³-hybridized carbons (Fsp3) is 0.467. The van der Waals surface area contributed by atoms with Crippen LogP contribution in [-0.4, -0.2) is 28.2 Å². The summed E-state index contributed by atoms with van der Waals surface area (Å²) < 4.78 is 38.2. The molecule has 0 radical (unpaired) electrons. The second-order valence-electron chi connectivity index (χ2n) is 5.70. The van der Waals surface area contributed by atoms with Gasteiger partial charge in [-0.1, -0.05) is 30.6 Å². The predicted molar refractivity (Wildman–Crippen MR) is 90.0 cm³/mol. The van der Waals surface area contributed by atoms with E-state index in [0.717, 1.165) is 24.2 Å². The van der Waals surface area contributed by atoms with Crippen LogP contribution in [0.1, 0.15) is 50.4 Å². The maximum absolute atomic E-state index is 10.7. The number of halogens is 1. The minimum absolute atomic E-state index is 0. The fourth-order valence-electron chi connectivity index (χ4n) is 3.19. The van der Waals surface area contributed by atoms with Crippen LogP contribution < -0.4 is 51.4 Å². The fourth-order valence-corrected chi connectivity index (χ4v) is 3.56. The number of hydrogen-bond acceptors (Lipinski definition) is 6. The van der Waals surface area contributed by atoms with Crippen molar-refractivity contribution in [1.82, 2.24) is 9.55 Å². The van der Waals surface area contributed by atoms with Gasteiger partial charge in [-0.2, -0.15) is 8.42 Å². The summed E-state index contributed by atoms with van der Waals surface area (Å²) in [5, 5.41) is 4.06. The average Bonchev–Trinajstić information content (AvgIpc) is 2.91. The third-order valence-corrected chi connectivity index (χ3v) is 4.91. The van der Waals surface area contributed by atoms with Crippen LogP contribution in [-0.2, 0) is 21.2 Å². The van der Waals surface area contributed by atoms with Gasteiger partial charge in [-0.25, -0.2) is 4.98 Å². The number of imidazole rings is 1. The van der Waals surface area contributed by atoms with Crippen molar-refractivity contribution in [1.29, 1.82) is 0 Å². The number of hydrogen-bond donors (Lipinski definition) is 0. The van der Waals surface area contributed by atoms with Crippen LogP contribution in [0.25, 0.3) is 11.0 Å². The molecule has 0 saturated carbocycles. The van der Waals surface area contributed by atoms with Crippen molar-refractivity contribution in [3.63, 3.8) is 0 Å². The van der Waals surface area contributed by atoms with Crippen molar-refractivity contribution in [3.05, 3.63) is 28.5 Å². The Bertz CT molecular complexity index is 922. The molecule has 0 saturated heterocycles. The molecule has 0 bridgehead atoms. The van der Waals surface area contributed by atoms with E-state index in [2.05, 4.69) is 27.9 Å². The van der Waals surface area contributed by atoms with Gasteiger partial charge < -0.3 is 9.12 Å². The molecule has 0 N–H and O–H groups in total. The zero-order valence-electron chi connectivity index (χ0n) is 14.3. The SMILES string of the molecule is CCC(CC)c1nc2c(Cl)ccc3c2n1CC/C3=N\OS(=O)(=O)[O-].[K+]. The summed E-state index contributed by atoms with van der Waals surface area (Å²) in [4.78, 5) is 4.72. The van der Waals surface area contributed by atoms with Gasteiger partial charge in [0.1, 0.15) is 11.3 Å². The van der Waals surface area contributed by atoms with Crippen LogP contribution in [0.3, 0.4) is 0 Å². The van der Waals surface area contributed by atoms with Crippen LogP contribution in [0.15, 0.2) is 17.3 Å². The topological polar surface area (TPSA) is 96.6 Å². The van der Waals surface area contributed by atoms with Crippen LogP contribution in [0.5, 0.6) is 0 Å². The number of aromatic nitrogens is 2. The molecule has 130 valence electrons. The van der Waals surface area contributed by atoms with E-state index in [4.69, 9.17) is 16.6 Å². The van der Waals surface area contributed by atoms with Crippen molar-refractivity contribution >= 4 is 38.7 Å². The van der Waals surface area contributed by atoms with Crippen LogP contribution in [0.4, 0.5) is 0 Å². The molecule has 7 nitrogen and oxygen atoms in total. The van der Waals surface area contributed by atoms with Gasteiger partial charge in [-0.3, -0.25) is 4.28 Å². The first-order chi connectivity index (χ1) is 11.4. The van der Waals surface area contributed by atoms with Crippen LogP contribution in [0.2, 0.25) is 5.02 Å². The van der Waals surface area contributed by atoms with Gasteiger partial charge >= 0.3 is 51.4 Å². The van der Waals surface area contributed by atoms with E-state index in [9.17, 15) is 13.0 Å². The third-order valence-electron chi connectivity index (χ3n) is 4.35. The molecule has 1 aromatic carbocycles. The Morgan fingerprint density at radius 2 is 2.08 bits per heavy atom. The summed E-state index contributed by atoms with van der Waals surface area (Å²) in [5.41, 5.74) is 2.56. The van der Waals surface area contributed by atoms with Crippen LogP contribution >= 0.6 is 11.6 Å². The third kappa shape index (κ3) is 4.29. The van der Waals surface area contributed by atoms with Gasteiger partial charge in [-0.05, 0) is 25.0 Å². The monoisotopic (exact) mass is 409 g/mol. The van der Waals surface area contributed by atoms with E-state index in [1.54, 1.807) is 12.1 Å². The van der Waals surface area contributed by atoms with Gasteiger partial charge in [-0.15, -0.1) is 0 Å². The first kappa shape index (κ1) is 21.3. The molecule has 0 atom stereocenters. The number of aryl methyl sites for hydroxylation is 1. The summed E-state index contributed by atoms with van der Waals surface area (Å²) in [5.74, 6) is 1.29. The predicted octanol–water partition coefficient (Wildman–Crippen LogP) is 0.182. The van der Waals surface area contributed by atoms with Gasteiger partial charge in [0.2, 0.25) is 0 Å². The number of benzene rings is 1. The van der Waals surface area contributed by atoms with E-state index in [0.29, 0.717) is 40.7 Å². The summed E-state index contributed by atoms with van der Waals surface area (Å²) in [6.45, 7) is 4.81. The first-order valence-corrected chi connectivity index (χ1v) is 9.47. The summed E-state index contributed by atoms with van der Waals surface area (Å²) in [6, 6.07) is 3.44. The Morgan fingerprint density at radius 1 is 1.40 bits per heavy atom. The zero-order chi connectivity index (χ0) is 17.5. The minimum Gasteiger partial charge on any atom is -0.714 e. The molecule has 0 amide bonds. The summed E-state index contributed by atoms with van der Waals surface area (Å²) in [6.07, 6.45) is 2.37. The van der Waals surface area contributed by atoms with Crippen LogP contribution in [0, 0.1) is 0 Å². The second-order valence-corrected chi connectivity index (χ2v) is 7.07. The molecule has 0 unspecified atom stereocenters. The molecule has 2 heterocycles. The number of rotatable bonds is 5. The molecule has 1 aromatic heterocycles. The minimum atomic E-state index is -4.88. The smallest absolute Gasteiger partial charge is 0.714 e. The Labute approximate surface area is 194 Å². The van der Waals surface area contributed by atoms with E-state index in [-0.39, 0.29) is 51.4 Å². The van der Waals surface area contributed by atoms with Crippen molar-refractivity contribution in [2.75, 3.05) is 0 Å². The van der Waals surface area contributed by atoms with Crippen molar-refractivity contribution in [2.45, 2.75) is 45.6 Å². The number of nitrogens with zero attached hydrogens (tertiary/aromatic N) is 3. The Hall–Kier alpha value is -0.00364. The molecule has 0 aliphatic carbocycles. The van der Waals surface area contributed by atoms with E-state index >= 15 is 0 Å². The molecule has 0 fully saturated rings. The first-order valence-electron chi connectivity index (χ1n) is 7.76. The van der Waals surface area contributed by atoms with Gasteiger partial charge in [0.25, 0.3) is 10.4 Å². The summed E-state index contributed by atoms with van der Waals surface area (Å²) in [7, 11) is -4.88. The van der Waals surface area contributed by atoms with Crippen molar-refractivity contribution < 1.29 is 68.6 Å². The standard InChI is InChI=1S/C15H18ClN3O4S.K/c1-3-9(4-2)15-17-13-11(16)6-5-10-12(18-23-24(20,21)22)7-8-19(15)14(10)13;/h5-6,9H,3-4,7-8H2,1-2H3,(H,20,21,22);/q;+1/p-1/b18-12+;.